The van der Waals surface area contributed by atoms with E-state index in [0.29, 0.717) is 0 Å². The predicted molar refractivity (Wildman–Crippen MR) is 54.7 cm³/mol. The minimum atomic E-state index is -1.17. The van der Waals surface area contributed by atoms with Gasteiger partial charge in [-0.1, -0.05) is 0 Å². The quantitative estimate of drug-likeness (QED) is 0.417. The fraction of sp³-hybridized carbons (Fsp3) is 0.667. The first-order valence-corrected chi connectivity index (χ1v) is 4.83. The lowest BCUT2D eigenvalue weighted by Crippen LogP contribution is -2.35. The smallest absolute Gasteiger partial charge is 0.320 e. The van der Waals surface area contributed by atoms with Crippen LogP contribution in [0.2, 0.25) is 0 Å². The summed E-state index contributed by atoms with van der Waals surface area (Å²) in [6.45, 7) is 0. The molecule has 7 heteroatoms. The van der Waals surface area contributed by atoms with Crippen LogP contribution >= 0.6 is 0 Å². The summed E-state index contributed by atoms with van der Waals surface area (Å²) in [5, 5.41) is 16.8. The molecule has 1 unspecified atom stereocenters. The fourth-order valence-corrected chi connectivity index (χ4v) is 1.05. The number of carboxylic acid groups (broad SMARTS) is 2. The Morgan fingerprint density at radius 3 is 1.88 bits per heavy atom. The first kappa shape index (κ1) is 14.5. The predicted octanol–water partition coefficient (Wildman–Crippen LogP) is -1.06. The number of carbonyl (C=O) groups excluding carboxylic acids is 1. The molecule has 2 atom stereocenters. The number of nitrogens with two attached hydrogens (primary N) is 2. The lowest BCUT2D eigenvalue weighted by molar-refractivity contribution is -0.139. The third-order valence-electron chi connectivity index (χ3n) is 2.10. The van der Waals surface area contributed by atoms with Crippen LogP contribution in [0.25, 0.3) is 0 Å². The maximum Gasteiger partial charge on any atom is 0.320 e. The van der Waals surface area contributed by atoms with Gasteiger partial charge in [0.25, 0.3) is 0 Å². The topological polar surface area (TPSA) is 144 Å². The van der Waals surface area contributed by atoms with E-state index in [1.165, 1.54) is 0 Å². The molecule has 92 valence electrons. The summed E-state index contributed by atoms with van der Waals surface area (Å²) in [6, 6.07) is -1.95. The number of hydrogen-bond donors (Lipinski definition) is 4. The van der Waals surface area contributed by atoms with Crippen molar-refractivity contribution in [3.8, 4) is 0 Å². The van der Waals surface area contributed by atoms with Gasteiger partial charge >= 0.3 is 11.9 Å². The van der Waals surface area contributed by atoms with Gasteiger partial charge in [0.1, 0.15) is 11.8 Å². The molecule has 0 aromatic rings. The summed E-state index contributed by atoms with van der Waals surface area (Å²) in [7, 11) is 0. The largest absolute Gasteiger partial charge is 0.481 e. The first-order valence-electron chi connectivity index (χ1n) is 4.83. The molecule has 0 rings (SSSR count). The van der Waals surface area contributed by atoms with Crippen LogP contribution in [0.4, 0.5) is 0 Å². The molecule has 0 aliphatic rings. The van der Waals surface area contributed by atoms with Crippen molar-refractivity contribution in [1.82, 2.24) is 0 Å². The molecule has 0 aromatic heterocycles. The van der Waals surface area contributed by atoms with Crippen molar-refractivity contribution in [1.29, 1.82) is 0 Å². The van der Waals surface area contributed by atoms with E-state index in [1.807, 2.05) is 0 Å². The molecule has 0 heterocycles. The van der Waals surface area contributed by atoms with Crippen molar-refractivity contribution in [3.63, 3.8) is 0 Å². The maximum atomic E-state index is 11.3. The van der Waals surface area contributed by atoms with Crippen LogP contribution in [0, 0.1) is 0 Å². The van der Waals surface area contributed by atoms with Gasteiger partial charge in [-0.05, 0) is 12.8 Å². The Kier molecular flexibility index (Phi) is 6.28. The van der Waals surface area contributed by atoms with Gasteiger partial charge in [0.05, 0.1) is 6.04 Å². The van der Waals surface area contributed by atoms with E-state index in [4.69, 9.17) is 21.7 Å². The Balaban J connectivity index is 3.87. The highest BCUT2D eigenvalue weighted by molar-refractivity contribution is 5.85. The molecule has 0 radical (unpaired) electrons. The molecule has 0 saturated carbocycles. The molecule has 0 spiro atoms. The Morgan fingerprint density at radius 1 is 0.938 bits per heavy atom. The molecule has 7 nitrogen and oxygen atoms in total. The van der Waals surface area contributed by atoms with Gasteiger partial charge in [0.15, 0.2) is 0 Å². The molecule has 0 aliphatic heterocycles. The summed E-state index contributed by atoms with van der Waals surface area (Å²) < 4.78 is 0. The molecule has 0 aliphatic carbocycles. The summed E-state index contributed by atoms with van der Waals surface area (Å²) in [4.78, 5) is 31.9. The second kappa shape index (κ2) is 6.91. The third kappa shape index (κ3) is 6.10. The highest BCUT2D eigenvalue weighted by Crippen LogP contribution is 2.03. The van der Waals surface area contributed by atoms with E-state index < -0.39 is 24.0 Å². The van der Waals surface area contributed by atoms with Gasteiger partial charge in [0.2, 0.25) is 0 Å². The van der Waals surface area contributed by atoms with Crippen LogP contribution < -0.4 is 11.5 Å². The molecule has 0 fully saturated rings. The molecular formula is C9H16N2O5. The summed E-state index contributed by atoms with van der Waals surface area (Å²) in [5.74, 6) is -2.56. The number of carboxylic acids is 2. The number of Topliss-reactive ketones (excluding diaryl/α,β-unsaturated/α-hetero) is 1. The minimum absolute atomic E-state index is 0.00887. The van der Waals surface area contributed by atoms with Crippen LogP contribution in [-0.2, 0) is 14.4 Å². The third-order valence-corrected chi connectivity index (χ3v) is 2.10. The van der Waals surface area contributed by atoms with Crippen molar-refractivity contribution in [2.24, 2.45) is 11.5 Å². The van der Waals surface area contributed by atoms with Crippen LogP contribution in [0.15, 0.2) is 0 Å². The van der Waals surface area contributed by atoms with Gasteiger partial charge in [-0.2, -0.15) is 0 Å². The highest BCUT2D eigenvalue weighted by atomic mass is 16.4. The Labute approximate surface area is 92.4 Å². The van der Waals surface area contributed by atoms with E-state index in [1.54, 1.807) is 0 Å². The van der Waals surface area contributed by atoms with Crippen molar-refractivity contribution in [2.75, 3.05) is 0 Å². The van der Waals surface area contributed by atoms with Crippen LogP contribution in [0.1, 0.15) is 25.7 Å². The zero-order chi connectivity index (χ0) is 12.7. The fourth-order valence-electron chi connectivity index (χ4n) is 1.05. The zero-order valence-corrected chi connectivity index (χ0v) is 8.76. The lowest BCUT2D eigenvalue weighted by Gasteiger charge is -2.10. The van der Waals surface area contributed by atoms with Gasteiger partial charge in [-0.3, -0.25) is 14.4 Å². The Bertz CT molecular complexity index is 279. The highest BCUT2D eigenvalue weighted by Gasteiger charge is 2.18. The van der Waals surface area contributed by atoms with Crippen molar-refractivity contribution >= 4 is 17.7 Å². The molecule has 0 bridgehead atoms. The molecular weight excluding hydrogens is 216 g/mol. The van der Waals surface area contributed by atoms with E-state index in [2.05, 4.69) is 0 Å². The normalized spacial score (nSPS) is 14.1. The van der Waals surface area contributed by atoms with E-state index >= 15 is 0 Å². The molecule has 0 aromatic carbocycles. The van der Waals surface area contributed by atoms with Crippen molar-refractivity contribution in [2.45, 2.75) is 37.8 Å². The van der Waals surface area contributed by atoms with E-state index in [9.17, 15) is 14.4 Å². The minimum Gasteiger partial charge on any atom is -0.481 e. The number of rotatable bonds is 8. The van der Waals surface area contributed by atoms with Gasteiger partial charge in [0, 0.05) is 12.8 Å². The average Bonchev–Trinajstić information content (AvgIpc) is 2.21. The zero-order valence-electron chi connectivity index (χ0n) is 8.76. The van der Waals surface area contributed by atoms with Gasteiger partial charge in [-0.25, -0.2) is 0 Å². The maximum absolute atomic E-state index is 11.3. The molecule has 6 N–H and O–H groups in total. The number of aliphatic carboxylic acids is 2. The van der Waals surface area contributed by atoms with Gasteiger partial charge in [-0.15, -0.1) is 0 Å². The lowest BCUT2D eigenvalue weighted by atomic mass is 10.0. The monoisotopic (exact) mass is 232 g/mol. The van der Waals surface area contributed by atoms with Crippen molar-refractivity contribution < 1.29 is 24.6 Å². The Morgan fingerprint density at radius 2 is 1.44 bits per heavy atom. The summed E-state index contributed by atoms with van der Waals surface area (Å²) in [6.07, 6.45) is -0.169. The van der Waals surface area contributed by atoms with Crippen LogP contribution in [0.5, 0.6) is 0 Å². The van der Waals surface area contributed by atoms with E-state index in [-0.39, 0.29) is 31.5 Å². The Hall–Kier alpha value is -1.47. The van der Waals surface area contributed by atoms with E-state index in [0.717, 1.165) is 0 Å². The number of hydrogen-bond acceptors (Lipinski definition) is 5. The van der Waals surface area contributed by atoms with Crippen LogP contribution in [-0.4, -0.2) is 40.0 Å². The standard InChI is InChI=1S/C9H16N2O5/c10-5(2-4-8(13)14)7(12)3-1-6(11)9(15)16/h5-6H,1-4,10-11H2,(H,13,14)(H,15,16)/t5?,6-/m0/s1. The average molecular weight is 232 g/mol. The summed E-state index contributed by atoms with van der Waals surface area (Å²) in [5.41, 5.74) is 10.6. The second-order valence-electron chi connectivity index (χ2n) is 3.49. The van der Waals surface area contributed by atoms with Crippen molar-refractivity contribution in [3.05, 3.63) is 0 Å². The van der Waals surface area contributed by atoms with Crippen LogP contribution in [0.3, 0.4) is 0 Å². The second-order valence-corrected chi connectivity index (χ2v) is 3.49. The SMILES string of the molecule is NC(CCC(=O)O)C(=O)CC[C@H](N)C(=O)O. The number of ketones is 1. The molecule has 0 saturated heterocycles. The first-order chi connectivity index (χ1) is 7.34. The molecule has 16 heavy (non-hydrogen) atoms. The number of carbonyl (C=O) groups is 3. The van der Waals surface area contributed by atoms with Gasteiger partial charge < -0.3 is 21.7 Å². The molecule has 0 amide bonds. The summed E-state index contributed by atoms with van der Waals surface area (Å²) >= 11 is 0.